The lowest BCUT2D eigenvalue weighted by molar-refractivity contribution is -0.119. The highest BCUT2D eigenvalue weighted by molar-refractivity contribution is 7.99. The molecule has 1 N–H and O–H groups in total. The Morgan fingerprint density at radius 1 is 1.24 bits per heavy atom. The fourth-order valence-corrected chi connectivity index (χ4v) is 3.86. The summed E-state index contributed by atoms with van der Waals surface area (Å²) >= 11 is 1.49. The number of nitrogens with one attached hydrogen (secondary N) is 1. The zero-order chi connectivity index (χ0) is 17.2. The van der Waals surface area contributed by atoms with Gasteiger partial charge >= 0.3 is 0 Å². The average Bonchev–Trinajstić information content (AvgIpc) is 3.52. The summed E-state index contributed by atoms with van der Waals surface area (Å²) in [6.07, 6.45) is 4.86. The van der Waals surface area contributed by atoms with Crippen molar-refractivity contribution in [1.29, 1.82) is 0 Å². The molecule has 25 heavy (non-hydrogen) atoms. The molecule has 4 rings (SSSR count). The predicted molar refractivity (Wildman–Crippen MR) is 98.6 cm³/mol. The molecule has 1 amide bonds. The molecule has 132 valence electrons. The van der Waals surface area contributed by atoms with E-state index in [1.807, 2.05) is 6.07 Å². The lowest BCUT2D eigenvalue weighted by Crippen LogP contribution is -2.35. The van der Waals surface area contributed by atoms with E-state index >= 15 is 0 Å². The topological polar surface area (TPSA) is 59.8 Å². The lowest BCUT2D eigenvalue weighted by atomic mass is 10.2. The predicted octanol–water partition coefficient (Wildman–Crippen LogP) is 3.21. The minimum absolute atomic E-state index is 0.0895. The van der Waals surface area contributed by atoms with E-state index in [1.165, 1.54) is 43.0 Å². The van der Waals surface area contributed by atoms with Gasteiger partial charge in [0.2, 0.25) is 5.91 Å². The van der Waals surface area contributed by atoms with Crippen molar-refractivity contribution in [2.75, 3.05) is 5.75 Å². The van der Waals surface area contributed by atoms with Crippen LogP contribution in [-0.4, -0.2) is 32.5 Å². The van der Waals surface area contributed by atoms with Crippen LogP contribution in [0.1, 0.15) is 49.9 Å². The summed E-state index contributed by atoms with van der Waals surface area (Å²) in [6.45, 7) is 2.87. The van der Waals surface area contributed by atoms with Crippen LogP contribution in [0, 0.1) is 5.92 Å². The number of rotatable bonds is 8. The quantitative estimate of drug-likeness (QED) is 0.738. The fraction of sp³-hybridized carbons (Fsp3) is 0.526. The van der Waals surface area contributed by atoms with Crippen molar-refractivity contribution in [1.82, 2.24) is 20.1 Å². The zero-order valence-corrected chi connectivity index (χ0v) is 15.3. The molecular weight excluding hydrogens is 332 g/mol. The van der Waals surface area contributed by atoms with Gasteiger partial charge in [0.05, 0.1) is 12.3 Å². The van der Waals surface area contributed by atoms with Gasteiger partial charge in [0, 0.05) is 12.0 Å². The third kappa shape index (κ3) is 4.24. The maximum Gasteiger partial charge on any atom is 0.230 e. The van der Waals surface area contributed by atoms with Crippen molar-refractivity contribution in [2.45, 2.75) is 56.3 Å². The van der Waals surface area contributed by atoms with Crippen molar-refractivity contribution in [2.24, 2.45) is 5.92 Å². The van der Waals surface area contributed by atoms with Gasteiger partial charge in [0.15, 0.2) is 5.16 Å². The van der Waals surface area contributed by atoms with E-state index in [1.54, 1.807) is 0 Å². The molecule has 2 aliphatic rings. The molecule has 0 radical (unpaired) electrons. The molecule has 1 atom stereocenters. The normalized spacial score (nSPS) is 18.1. The van der Waals surface area contributed by atoms with Gasteiger partial charge in [-0.15, -0.1) is 10.2 Å². The number of nitrogens with zero attached hydrogens (tertiary/aromatic N) is 3. The first-order chi connectivity index (χ1) is 12.2. The maximum atomic E-state index is 12.2. The van der Waals surface area contributed by atoms with Crippen LogP contribution in [0.25, 0.3) is 0 Å². The molecule has 2 saturated carbocycles. The van der Waals surface area contributed by atoms with Crippen LogP contribution < -0.4 is 5.32 Å². The first-order valence-corrected chi connectivity index (χ1v) is 10.1. The van der Waals surface area contributed by atoms with Crippen LogP contribution >= 0.6 is 11.8 Å². The second-order valence-corrected chi connectivity index (χ2v) is 8.11. The summed E-state index contributed by atoms with van der Waals surface area (Å²) in [5, 5.41) is 12.7. The number of benzene rings is 1. The molecular formula is C19H24N4OS. The maximum absolute atomic E-state index is 12.2. The summed E-state index contributed by atoms with van der Waals surface area (Å²) in [5.41, 5.74) is 1.23. The van der Waals surface area contributed by atoms with E-state index in [9.17, 15) is 4.79 Å². The standard InChI is InChI=1S/C19H24N4OS/c1-13(15-7-8-15)20-17(24)12-25-19-22-21-18(16-9-10-16)23(19)11-14-5-3-2-4-6-14/h2-6,13,15-16H,7-12H2,1H3,(H,20,24). The molecule has 6 heteroatoms. The number of hydrogen-bond acceptors (Lipinski definition) is 4. The lowest BCUT2D eigenvalue weighted by Gasteiger charge is -2.13. The molecule has 0 saturated heterocycles. The Kier molecular flexibility index (Phi) is 4.79. The first kappa shape index (κ1) is 16.6. The molecule has 5 nitrogen and oxygen atoms in total. The molecule has 0 aliphatic heterocycles. The van der Waals surface area contributed by atoms with Crippen molar-refractivity contribution in [3.05, 3.63) is 41.7 Å². The third-order valence-electron chi connectivity index (χ3n) is 4.92. The van der Waals surface area contributed by atoms with Crippen LogP contribution in [0.4, 0.5) is 0 Å². The molecule has 2 aromatic rings. The Balaban J connectivity index is 1.42. The molecule has 2 aliphatic carbocycles. The highest BCUT2D eigenvalue weighted by atomic mass is 32.2. The summed E-state index contributed by atoms with van der Waals surface area (Å²) in [6, 6.07) is 10.7. The van der Waals surface area contributed by atoms with Crippen LogP contribution in [0.3, 0.4) is 0 Å². The van der Waals surface area contributed by atoms with Crippen LogP contribution in [0.5, 0.6) is 0 Å². The van der Waals surface area contributed by atoms with Gasteiger partial charge in [-0.2, -0.15) is 0 Å². The number of carbonyl (C=O) groups is 1. The molecule has 1 aromatic carbocycles. The Morgan fingerprint density at radius 2 is 2.00 bits per heavy atom. The number of thioether (sulfide) groups is 1. The highest BCUT2D eigenvalue weighted by Gasteiger charge is 2.31. The zero-order valence-electron chi connectivity index (χ0n) is 14.5. The summed E-state index contributed by atoms with van der Waals surface area (Å²) in [4.78, 5) is 12.2. The molecule has 0 bridgehead atoms. The van der Waals surface area contributed by atoms with Gasteiger partial charge in [-0.3, -0.25) is 4.79 Å². The van der Waals surface area contributed by atoms with E-state index < -0.39 is 0 Å². The molecule has 1 unspecified atom stereocenters. The smallest absolute Gasteiger partial charge is 0.230 e. The Hall–Kier alpha value is -1.82. The summed E-state index contributed by atoms with van der Waals surface area (Å²) in [5.74, 6) is 2.77. The van der Waals surface area contributed by atoms with Crippen LogP contribution in [0.15, 0.2) is 35.5 Å². The van der Waals surface area contributed by atoms with Gasteiger partial charge in [-0.25, -0.2) is 0 Å². The van der Waals surface area contributed by atoms with Crippen molar-refractivity contribution in [3.8, 4) is 0 Å². The van der Waals surface area contributed by atoms with E-state index in [2.05, 4.69) is 51.3 Å². The van der Waals surface area contributed by atoms with E-state index in [4.69, 9.17) is 0 Å². The Morgan fingerprint density at radius 3 is 2.68 bits per heavy atom. The summed E-state index contributed by atoms with van der Waals surface area (Å²) < 4.78 is 2.19. The monoisotopic (exact) mass is 356 g/mol. The second kappa shape index (κ2) is 7.20. The fourth-order valence-electron chi connectivity index (χ4n) is 3.10. The Labute approximate surface area is 152 Å². The number of carbonyl (C=O) groups excluding carboxylic acids is 1. The molecule has 0 spiro atoms. The minimum Gasteiger partial charge on any atom is -0.353 e. The van der Waals surface area contributed by atoms with Gasteiger partial charge in [-0.1, -0.05) is 42.1 Å². The number of aromatic nitrogens is 3. The van der Waals surface area contributed by atoms with Gasteiger partial charge in [0.1, 0.15) is 5.82 Å². The molecule has 1 aromatic heterocycles. The summed E-state index contributed by atoms with van der Waals surface area (Å²) in [7, 11) is 0. The van der Waals surface area contributed by atoms with E-state index in [0.29, 0.717) is 17.6 Å². The molecule has 2 fully saturated rings. The van der Waals surface area contributed by atoms with E-state index in [0.717, 1.165) is 17.5 Å². The van der Waals surface area contributed by atoms with Crippen LogP contribution in [-0.2, 0) is 11.3 Å². The van der Waals surface area contributed by atoms with Gasteiger partial charge in [-0.05, 0) is 44.1 Å². The van der Waals surface area contributed by atoms with Crippen LogP contribution in [0.2, 0.25) is 0 Å². The first-order valence-electron chi connectivity index (χ1n) is 9.10. The second-order valence-electron chi connectivity index (χ2n) is 7.17. The van der Waals surface area contributed by atoms with Crippen molar-refractivity contribution in [3.63, 3.8) is 0 Å². The van der Waals surface area contributed by atoms with Crippen molar-refractivity contribution >= 4 is 17.7 Å². The SMILES string of the molecule is CC(NC(=O)CSc1nnc(C2CC2)n1Cc1ccccc1)C1CC1. The highest BCUT2D eigenvalue weighted by Crippen LogP contribution is 2.40. The van der Waals surface area contributed by atoms with Gasteiger partial charge in [0.25, 0.3) is 0 Å². The number of amides is 1. The largest absolute Gasteiger partial charge is 0.353 e. The number of hydrogen-bond donors (Lipinski definition) is 1. The third-order valence-corrected chi connectivity index (χ3v) is 5.89. The Bertz CT molecular complexity index is 737. The molecule has 1 heterocycles. The van der Waals surface area contributed by atoms with E-state index in [-0.39, 0.29) is 11.9 Å². The van der Waals surface area contributed by atoms with Crippen molar-refractivity contribution < 1.29 is 4.79 Å². The van der Waals surface area contributed by atoms with Gasteiger partial charge < -0.3 is 9.88 Å². The minimum atomic E-state index is 0.0895. The average molecular weight is 356 g/mol.